The van der Waals surface area contributed by atoms with Crippen LogP contribution in [0.15, 0.2) is 30.4 Å². The number of carbonyl (C=O) groups is 3. The summed E-state index contributed by atoms with van der Waals surface area (Å²) in [5, 5.41) is 0. The molecule has 0 N–H and O–H groups in total. The summed E-state index contributed by atoms with van der Waals surface area (Å²) in [6.45, 7) is 0.457. The molecular weight excluding hydrogens is 340 g/mol. The first-order valence-corrected chi connectivity index (χ1v) is 7.98. The van der Waals surface area contributed by atoms with Gasteiger partial charge in [0, 0.05) is 43.9 Å². The third-order valence-electron chi connectivity index (χ3n) is 4.20. The van der Waals surface area contributed by atoms with Crippen LogP contribution >= 0.6 is 0 Å². The first-order valence-electron chi connectivity index (χ1n) is 7.98. The van der Waals surface area contributed by atoms with Crippen LogP contribution in [-0.4, -0.2) is 63.6 Å². The first kappa shape index (κ1) is 19.3. The van der Waals surface area contributed by atoms with E-state index in [2.05, 4.69) is 4.74 Å². The average Bonchev–Trinajstić information content (AvgIpc) is 3.05. The minimum absolute atomic E-state index is 0.206. The number of amides is 2. The number of hydrogen-bond acceptors (Lipinski definition) is 6. The molecule has 1 heterocycles. The fourth-order valence-electron chi connectivity index (χ4n) is 2.71. The lowest BCUT2D eigenvalue weighted by atomic mass is 10.2. The molecule has 8 nitrogen and oxygen atoms in total. The van der Waals surface area contributed by atoms with Crippen LogP contribution in [-0.2, 0) is 19.1 Å². The van der Waals surface area contributed by atoms with Crippen LogP contribution in [0.4, 0.5) is 5.69 Å². The smallest absolute Gasteiger partial charge is 0.330 e. The maximum absolute atomic E-state index is 12.8. The van der Waals surface area contributed by atoms with Crippen molar-refractivity contribution in [3.05, 3.63) is 30.4 Å². The Hall–Kier alpha value is -3.03. The number of hydrogen-bond donors (Lipinski definition) is 0. The van der Waals surface area contributed by atoms with E-state index in [1.165, 1.54) is 33.3 Å². The van der Waals surface area contributed by atoms with Gasteiger partial charge in [-0.2, -0.15) is 0 Å². The summed E-state index contributed by atoms with van der Waals surface area (Å²) in [6.07, 6.45) is 2.60. The molecule has 1 aromatic carbocycles. The number of methoxy groups -OCH3 is 3. The van der Waals surface area contributed by atoms with Crippen LogP contribution in [0.5, 0.6) is 11.5 Å². The summed E-state index contributed by atoms with van der Waals surface area (Å²) >= 11 is 0. The molecule has 0 aromatic heterocycles. The Kier molecular flexibility index (Phi) is 6.21. The highest BCUT2D eigenvalue weighted by molar-refractivity contribution is 6.03. The Morgan fingerprint density at radius 1 is 1.12 bits per heavy atom. The third kappa shape index (κ3) is 4.14. The number of anilines is 1. The van der Waals surface area contributed by atoms with E-state index < -0.39 is 17.9 Å². The maximum Gasteiger partial charge on any atom is 0.330 e. The van der Waals surface area contributed by atoms with Gasteiger partial charge in [0.05, 0.1) is 27.0 Å². The van der Waals surface area contributed by atoms with Gasteiger partial charge >= 0.3 is 5.97 Å². The van der Waals surface area contributed by atoms with Gasteiger partial charge in [0.25, 0.3) is 0 Å². The van der Waals surface area contributed by atoms with Crippen LogP contribution in [0.1, 0.15) is 6.42 Å². The van der Waals surface area contributed by atoms with Crippen molar-refractivity contribution in [1.82, 2.24) is 4.90 Å². The van der Waals surface area contributed by atoms with Crippen molar-refractivity contribution in [1.29, 1.82) is 0 Å². The Morgan fingerprint density at radius 2 is 1.73 bits per heavy atom. The zero-order chi connectivity index (χ0) is 19.3. The van der Waals surface area contributed by atoms with E-state index in [0.29, 0.717) is 30.2 Å². The lowest BCUT2D eigenvalue weighted by Gasteiger charge is -2.23. The molecule has 0 aliphatic carbocycles. The van der Waals surface area contributed by atoms with Gasteiger partial charge in [-0.25, -0.2) is 4.79 Å². The second kappa shape index (κ2) is 8.37. The lowest BCUT2D eigenvalue weighted by Crippen LogP contribution is -2.42. The van der Waals surface area contributed by atoms with Gasteiger partial charge in [0.2, 0.25) is 11.8 Å². The zero-order valence-corrected chi connectivity index (χ0v) is 15.2. The van der Waals surface area contributed by atoms with Crippen molar-refractivity contribution >= 4 is 23.5 Å². The number of nitrogens with zero attached hydrogens (tertiary/aromatic N) is 2. The summed E-state index contributed by atoms with van der Waals surface area (Å²) < 4.78 is 14.9. The molecule has 0 saturated carbocycles. The second-order valence-electron chi connectivity index (χ2n) is 5.67. The number of carbonyl (C=O) groups excluding carboxylic acids is 3. The minimum atomic E-state index is -0.630. The first-order chi connectivity index (χ1) is 12.4. The average molecular weight is 362 g/mol. The highest BCUT2D eigenvalue weighted by atomic mass is 16.5. The summed E-state index contributed by atoms with van der Waals surface area (Å²) in [5.74, 6) is -0.141. The molecule has 8 heteroatoms. The maximum atomic E-state index is 12.8. The molecular formula is C18H22N2O6. The van der Waals surface area contributed by atoms with E-state index in [0.717, 1.165) is 12.2 Å². The van der Waals surface area contributed by atoms with Crippen molar-refractivity contribution in [2.45, 2.75) is 12.5 Å². The zero-order valence-electron chi connectivity index (χ0n) is 15.2. The highest BCUT2D eigenvalue weighted by Gasteiger charge is 2.37. The van der Waals surface area contributed by atoms with Crippen LogP contribution < -0.4 is 14.4 Å². The molecule has 1 fully saturated rings. The van der Waals surface area contributed by atoms with Gasteiger partial charge < -0.3 is 24.0 Å². The van der Waals surface area contributed by atoms with Crippen LogP contribution in [0.3, 0.4) is 0 Å². The van der Waals surface area contributed by atoms with E-state index >= 15 is 0 Å². The predicted molar refractivity (Wildman–Crippen MR) is 94.2 cm³/mol. The molecule has 1 aromatic rings. The van der Waals surface area contributed by atoms with Crippen molar-refractivity contribution in [2.24, 2.45) is 0 Å². The summed E-state index contributed by atoms with van der Waals surface area (Å²) in [6, 6.07) is 4.58. The largest absolute Gasteiger partial charge is 0.497 e. The quantitative estimate of drug-likeness (QED) is 0.554. The molecule has 0 bridgehead atoms. The molecule has 0 spiro atoms. The van der Waals surface area contributed by atoms with Gasteiger partial charge in [0.1, 0.15) is 17.5 Å². The van der Waals surface area contributed by atoms with Crippen molar-refractivity contribution in [3.8, 4) is 11.5 Å². The topological polar surface area (TPSA) is 85.4 Å². The Balaban J connectivity index is 2.16. The van der Waals surface area contributed by atoms with Gasteiger partial charge in [-0.15, -0.1) is 0 Å². The molecule has 1 atom stereocenters. The molecule has 2 rings (SSSR count). The minimum Gasteiger partial charge on any atom is -0.497 e. The Morgan fingerprint density at radius 3 is 2.27 bits per heavy atom. The van der Waals surface area contributed by atoms with Crippen LogP contribution in [0.25, 0.3) is 0 Å². The standard InChI is InChI=1S/C18H22N2O6/c1-19(16(21)5-6-17(22)26-4)15-7-8-20(18(15)23)12-9-13(24-2)11-14(10-12)25-3/h5-6,9-11,15H,7-8H2,1-4H3/b6-5+. The van der Waals surface area contributed by atoms with Crippen molar-refractivity contribution < 1.29 is 28.6 Å². The van der Waals surface area contributed by atoms with Crippen LogP contribution in [0, 0.1) is 0 Å². The normalized spacial score (nSPS) is 16.7. The number of ether oxygens (including phenoxy) is 3. The second-order valence-corrected chi connectivity index (χ2v) is 5.67. The van der Waals surface area contributed by atoms with Gasteiger partial charge in [-0.05, 0) is 6.42 Å². The molecule has 2 amide bonds. The summed E-state index contributed by atoms with van der Waals surface area (Å²) in [4.78, 5) is 38.9. The van der Waals surface area contributed by atoms with E-state index in [4.69, 9.17) is 9.47 Å². The fraction of sp³-hybridized carbons (Fsp3) is 0.389. The van der Waals surface area contributed by atoms with E-state index in [-0.39, 0.29) is 5.91 Å². The van der Waals surface area contributed by atoms with Crippen molar-refractivity contribution in [2.75, 3.05) is 39.8 Å². The van der Waals surface area contributed by atoms with E-state index in [9.17, 15) is 14.4 Å². The SMILES string of the molecule is COC(=O)/C=C/C(=O)N(C)C1CCN(c2cc(OC)cc(OC)c2)C1=O. The highest BCUT2D eigenvalue weighted by Crippen LogP contribution is 2.31. The number of rotatable bonds is 6. The molecule has 0 radical (unpaired) electrons. The van der Waals surface area contributed by atoms with Crippen LogP contribution in [0.2, 0.25) is 0 Å². The third-order valence-corrected chi connectivity index (χ3v) is 4.20. The molecule has 1 saturated heterocycles. The lowest BCUT2D eigenvalue weighted by molar-refractivity contribution is -0.135. The molecule has 1 unspecified atom stereocenters. The van der Waals surface area contributed by atoms with Gasteiger partial charge in [-0.1, -0.05) is 0 Å². The number of likely N-dealkylation sites (N-methyl/N-ethyl adjacent to an activating group) is 1. The molecule has 1 aliphatic heterocycles. The number of esters is 1. The fourth-order valence-corrected chi connectivity index (χ4v) is 2.71. The van der Waals surface area contributed by atoms with Gasteiger partial charge in [0.15, 0.2) is 0 Å². The van der Waals surface area contributed by atoms with E-state index in [1.54, 1.807) is 23.1 Å². The number of benzene rings is 1. The summed E-state index contributed by atoms with van der Waals surface area (Å²) in [5.41, 5.74) is 0.639. The monoisotopic (exact) mass is 362 g/mol. The molecule has 140 valence electrons. The Labute approximate surface area is 151 Å². The Bertz CT molecular complexity index is 708. The van der Waals surface area contributed by atoms with Gasteiger partial charge in [-0.3, -0.25) is 9.59 Å². The van der Waals surface area contributed by atoms with Crippen molar-refractivity contribution in [3.63, 3.8) is 0 Å². The molecule has 26 heavy (non-hydrogen) atoms. The predicted octanol–water partition coefficient (Wildman–Crippen LogP) is 0.997. The summed E-state index contributed by atoms with van der Waals surface area (Å²) in [7, 11) is 5.82. The van der Waals surface area contributed by atoms with E-state index in [1.807, 2.05) is 0 Å². The molecule has 1 aliphatic rings.